The fourth-order valence-electron chi connectivity index (χ4n) is 3.57. The Bertz CT molecular complexity index is 692. The molecular formula is C19H30N6. The third kappa shape index (κ3) is 4.94. The summed E-state index contributed by atoms with van der Waals surface area (Å²) in [6.07, 6.45) is 9.04. The van der Waals surface area contributed by atoms with E-state index in [2.05, 4.69) is 39.1 Å². The lowest BCUT2D eigenvalue weighted by Crippen LogP contribution is -2.45. The minimum absolute atomic E-state index is 0.557. The van der Waals surface area contributed by atoms with Gasteiger partial charge in [0.15, 0.2) is 11.6 Å². The summed E-state index contributed by atoms with van der Waals surface area (Å²) < 4.78 is 2.05. The van der Waals surface area contributed by atoms with Crippen molar-refractivity contribution in [3.05, 3.63) is 30.2 Å². The molecule has 1 saturated carbocycles. The first-order valence-electron chi connectivity index (χ1n) is 9.59. The first-order valence-corrected chi connectivity index (χ1v) is 9.59. The van der Waals surface area contributed by atoms with E-state index >= 15 is 0 Å². The third-order valence-corrected chi connectivity index (χ3v) is 4.83. The second-order valence-corrected chi connectivity index (χ2v) is 7.02. The number of fused-ring (bicyclic) bond motifs is 1. The highest BCUT2D eigenvalue weighted by molar-refractivity contribution is 5.80. The SMILES string of the molecule is CCNC(=NCCCc1nnc2ccccn12)NC1CCCC(C)C1. The van der Waals surface area contributed by atoms with Crippen molar-refractivity contribution < 1.29 is 0 Å². The molecule has 0 amide bonds. The summed E-state index contributed by atoms with van der Waals surface area (Å²) in [4.78, 5) is 4.75. The van der Waals surface area contributed by atoms with Gasteiger partial charge in [-0.1, -0.05) is 25.8 Å². The molecule has 0 saturated heterocycles. The Morgan fingerprint density at radius 1 is 1.32 bits per heavy atom. The molecule has 2 N–H and O–H groups in total. The van der Waals surface area contributed by atoms with Crippen LogP contribution in [-0.4, -0.2) is 39.7 Å². The van der Waals surface area contributed by atoms with Gasteiger partial charge in [0.2, 0.25) is 0 Å². The van der Waals surface area contributed by atoms with Crippen LogP contribution in [0.15, 0.2) is 29.4 Å². The van der Waals surface area contributed by atoms with Crippen LogP contribution >= 0.6 is 0 Å². The van der Waals surface area contributed by atoms with Crippen molar-refractivity contribution >= 4 is 11.6 Å². The Balaban J connectivity index is 1.51. The molecule has 2 unspecified atom stereocenters. The van der Waals surface area contributed by atoms with Crippen LogP contribution in [0.3, 0.4) is 0 Å². The fourth-order valence-corrected chi connectivity index (χ4v) is 3.57. The maximum Gasteiger partial charge on any atom is 0.191 e. The Morgan fingerprint density at radius 2 is 2.24 bits per heavy atom. The Kier molecular flexibility index (Phi) is 6.25. The summed E-state index contributed by atoms with van der Waals surface area (Å²) in [7, 11) is 0. The number of rotatable bonds is 6. The van der Waals surface area contributed by atoms with Gasteiger partial charge in [0.05, 0.1) is 0 Å². The normalized spacial score (nSPS) is 21.4. The van der Waals surface area contributed by atoms with Crippen molar-refractivity contribution in [3.63, 3.8) is 0 Å². The van der Waals surface area contributed by atoms with E-state index in [1.54, 1.807) is 0 Å². The minimum atomic E-state index is 0.557. The van der Waals surface area contributed by atoms with Crippen molar-refractivity contribution in [1.82, 2.24) is 25.2 Å². The van der Waals surface area contributed by atoms with Gasteiger partial charge in [-0.05, 0) is 44.2 Å². The fraction of sp³-hybridized carbons (Fsp3) is 0.632. The number of aliphatic imine (C=N–C) groups is 1. The van der Waals surface area contributed by atoms with Crippen LogP contribution < -0.4 is 10.6 Å². The lowest BCUT2D eigenvalue weighted by atomic mass is 9.87. The Morgan fingerprint density at radius 3 is 3.08 bits per heavy atom. The van der Waals surface area contributed by atoms with Crippen molar-refractivity contribution in [1.29, 1.82) is 0 Å². The molecular weight excluding hydrogens is 312 g/mol. The number of aromatic nitrogens is 3. The van der Waals surface area contributed by atoms with Crippen LogP contribution in [0.2, 0.25) is 0 Å². The van der Waals surface area contributed by atoms with Crippen molar-refractivity contribution in [2.45, 2.75) is 58.4 Å². The third-order valence-electron chi connectivity index (χ3n) is 4.83. The molecule has 1 aliphatic carbocycles. The summed E-state index contributed by atoms with van der Waals surface area (Å²) in [6.45, 7) is 6.14. The van der Waals surface area contributed by atoms with E-state index in [4.69, 9.17) is 4.99 Å². The van der Waals surface area contributed by atoms with Crippen LogP contribution in [0, 0.1) is 5.92 Å². The van der Waals surface area contributed by atoms with Crippen LogP contribution in [0.4, 0.5) is 0 Å². The maximum atomic E-state index is 4.75. The van der Waals surface area contributed by atoms with Gasteiger partial charge in [0.1, 0.15) is 5.82 Å². The summed E-state index contributed by atoms with van der Waals surface area (Å²) in [5, 5.41) is 15.5. The number of nitrogens with zero attached hydrogens (tertiary/aromatic N) is 4. The summed E-state index contributed by atoms with van der Waals surface area (Å²) in [5.74, 6) is 2.77. The highest BCUT2D eigenvalue weighted by Gasteiger charge is 2.19. The molecule has 1 aliphatic rings. The van der Waals surface area contributed by atoms with Crippen LogP contribution in [0.25, 0.3) is 5.65 Å². The van der Waals surface area contributed by atoms with Gasteiger partial charge in [-0.15, -0.1) is 10.2 Å². The van der Waals surface area contributed by atoms with Crippen LogP contribution in [0.5, 0.6) is 0 Å². The van der Waals surface area contributed by atoms with Gasteiger partial charge in [-0.3, -0.25) is 9.39 Å². The second-order valence-electron chi connectivity index (χ2n) is 7.02. The number of hydrogen-bond acceptors (Lipinski definition) is 3. The van der Waals surface area contributed by atoms with E-state index in [0.717, 1.165) is 49.3 Å². The van der Waals surface area contributed by atoms with Gasteiger partial charge in [0.25, 0.3) is 0 Å². The topological polar surface area (TPSA) is 66.6 Å². The molecule has 0 aromatic carbocycles. The first-order chi connectivity index (χ1) is 12.3. The molecule has 6 heteroatoms. The number of guanidine groups is 1. The smallest absolute Gasteiger partial charge is 0.191 e. The average Bonchev–Trinajstić information content (AvgIpc) is 3.02. The molecule has 2 aromatic rings. The van der Waals surface area contributed by atoms with Crippen LogP contribution in [-0.2, 0) is 6.42 Å². The average molecular weight is 342 g/mol. The number of hydrogen-bond donors (Lipinski definition) is 2. The van der Waals surface area contributed by atoms with E-state index in [1.807, 2.05) is 24.4 Å². The molecule has 2 atom stereocenters. The molecule has 1 fully saturated rings. The molecule has 0 aliphatic heterocycles. The second kappa shape index (κ2) is 8.83. The zero-order valence-corrected chi connectivity index (χ0v) is 15.4. The monoisotopic (exact) mass is 342 g/mol. The highest BCUT2D eigenvalue weighted by Crippen LogP contribution is 2.23. The maximum absolute atomic E-state index is 4.75. The number of aryl methyl sites for hydroxylation is 1. The molecule has 6 nitrogen and oxygen atoms in total. The first kappa shape index (κ1) is 17.7. The van der Waals surface area contributed by atoms with E-state index in [9.17, 15) is 0 Å². The molecule has 0 spiro atoms. The van der Waals surface area contributed by atoms with Crippen molar-refractivity contribution in [3.8, 4) is 0 Å². The zero-order valence-electron chi connectivity index (χ0n) is 15.4. The number of pyridine rings is 1. The van der Waals surface area contributed by atoms with Gasteiger partial charge in [-0.25, -0.2) is 0 Å². The predicted octanol–water partition coefficient (Wildman–Crippen LogP) is 2.80. The zero-order chi connectivity index (χ0) is 17.5. The van der Waals surface area contributed by atoms with Gasteiger partial charge < -0.3 is 10.6 Å². The summed E-state index contributed by atoms with van der Waals surface area (Å²) in [5.41, 5.74) is 0.905. The molecule has 2 heterocycles. The lowest BCUT2D eigenvalue weighted by molar-refractivity contribution is 0.324. The molecule has 0 bridgehead atoms. The van der Waals surface area contributed by atoms with E-state index in [0.29, 0.717) is 6.04 Å². The Hall–Kier alpha value is -2.11. The minimum Gasteiger partial charge on any atom is -0.357 e. The van der Waals surface area contributed by atoms with E-state index in [-0.39, 0.29) is 0 Å². The molecule has 0 radical (unpaired) electrons. The molecule has 25 heavy (non-hydrogen) atoms. The summed E-state index contributed by atoms with van der Waals surface area (Å²) in [6, 6.07) is 6.53. The van der Waals surface area contributed by atoms with Crippen molar-refractivity contribution in [2.75, 3.05) is 13.1 Å². The Labute approximate surface area is 150 Å². The highest BCUT2D eigenvalue weighted by atomic mass is 15.2. The molecule has 136 valence electrons. The molecule has 2 aromatic heterocycles. The van der Waals surface area contributed by atoms with Gasteiger partial charge in [-0.2, -0.15) is 0 Å². The molecule has 3 rings (SSSR count). The van der Waals surface area contributed by atoms with Crippen molar-refractivity contribution in [2.24, 2.45) is 10.9 Å². The summed E-state index contributed by atoms with van der Waals surface area (Å²) >= 11 is 0. The predicted molar refractivity (Wildman–Crippen MR) is 102 cm³/mol. The van der Waals surface area contributed by atoms with Gasteiger partial charge >= 0.3 is 0 Å². The largest absolute Gasteiger partial charge is 0.357 e. The lowest BCUT2D eigenvalue weighted by Gasteiger charge is -2.28. The quantitative estimate of drug-likeness (QED) is 0.481. The van der Waals surface area contributed by atoms with E-state index < -0.39 is 0 Å². The van der Waals surface area contributed by atoms with E-state index in [1.165, 1.54) is 25.7 Å². The van der Waals surface area contributed by atoms with Gasteiger partial charge in [0, 0.05) is 31.7 Å². The van der Waals surface area contributed by atoms with Crippen LogP contribution in [0.1, 0.15) is 51.8 Å². The number of nitrogens with one attached hydrogen (secondary N) is 2. The standard InChI is InChI=1S/C19H30N6/c1-3-20-19(22-16-9-6-8-15(2)14-16)21-12-7-11-18-24-23-17-10-4-5-13-25(17)18/h4-5,10,13,15-16H,3,6-9,11-12,14H2,1-2H3,(H2,20,21,22).